The van der Waals surface area contributed by atoms with Gasteiger partial charge in [-0.05, 0) is 49.4 Å². The highest BCUT2D eigenvalue weighted by Crippen LogP contribution is 2.25. The Morgan fingerprint density at radius 2 is 1.61 bits per heavy atom. The van der Waals surface area contributed by atoms with Crippen LogP contribution in [0.25, 0.3) is 11.0 Å². The Labute approximate surface area is 214 Å². The summed E-state index contributed by atoms with van der Waals surface area (Å²) in [6.45, 7) is 2.99. The van der Waals surface area contributed by atoms with Gasteiger partial charge in [0, 0.05) is 31.9 Å². The molecule has 1 fully saturated rings. The van der Waals surface area contributed by atoms with Crippen LogP contribution >= 0.6 is 11.6 Å². The number of likely N-dealkylation sites (tertiary alicyclic amines) is 1. The van der Waals surface area contributed by atoms with Gasteiger partial charge in [0.1, 0.15) is 18.2 Å². The predicted molar refractivity (Wildman–Crippen MR) is 135 cm³/mol. The van der Waals surface area contributed by atoms with Crippen LogP contribution in [0.3, 0.4) is 0 Å². The number of benzene rings is 2. The zero-order chi connectivity index (χ0) is 25.9. The predicted octanol–water partition coefficient (Wildman–Crippen LogP) is 4.03. The Kier molecular flexibility index (Phi) is 10.1. The fourth-order valence-corrected chi connectivity index (χ4v) is 4.24. The minimum absolute atomic E-state index is 0.235. The first-order valence-corrected chi connectivity index (χ1v) is 12.3. The smallest absolute Gasteiger partial charge is 0.414 e. The number of piperidine rings is 1. The number of ether oxygens (including phenoxy) is 1. The highest BCUT2D eigenvalue weighted by molar-refractivity contribution is 6.27. The highest BCUT2D eigenvalue weighted by Gasteiger charge is 2.24. The number of aliphatic carboxylic acids is 2. The molecule has 0 atom stereocenters. The molecule has 1 aliphatic heterocycles. The maximum atomic E-state index is 12.3. The number of rotatable bonds is 8. The maximum absolute atomic E-state index is 12.3. The number of para-hydroxylation sites is 3. The van der Waals surface area contributed by atoms with Crippen LogP contribution in [0.2, 0.25) is 0 Å². The lowest BCUT2D eigenvalue weighted by Gasteiger charge is -2.32. The van der Waals surface area contributed by atoms with Crippen molar-refractivity contribution in [3.05, 3.63) is 60.4 Å². The summed E-state index contributed by atoms with van der Waals surface area (Å²) < 4.78 is 8.29. The van der Waals surface area contributed by atoms with E-state index in [4.69, 9.17) is 41.1 Å². The van der Waals surface area contributed by atoms with E-state index in [1.807, 2.05) is 41.3 Å². The van der Waals surface area contributed by atoms with Crippen LogP contribution < -0.4 is 4.74 Å². The monoisotopic (exact) mass is 515 g/mol. The van der Waals surface area contributed by atoms with E-state index in [0.717, 1.165) is 61.5 Å². The molecule has 1 amide bonds. The van der Waals surface area contributed by atoms with E-state index in [0.29, 0.717) is 24.8 Å². The summed E-state index contributed by atoms with van der Waals surface area (Å²) in [5, 5.41) is 14.8. The highest BCUT2D eigenvalue weighted by atomic mass is 35.5. The van der Waals surface area contributed by atoms with Gasteiger partial charge in [0.2, 0.25) is 5.91 Å². The van der Waals surface area contributed by atoms with Crippen molar-refractivity contribution in [2.24, 2.45) is 5.92 Å². The molecule has 0 unspecified atom stereocenters. The number of imidazole rings is 1. The van der Waals surface area contributed by atoms with Gasteiger partial charge in [-0.25, -0.2) is 14.6 Å². The Hall–Kier alpha value is -3.59. The number of halogens is 1. The van der Waals surface area contributed by atoms with Gasteiger partial charge in [0.05, 0.1) is 11.0 Å². The maximum Gasteiger partial charge on any atom is 0.414 e. The van der Waals surface area contributed by atoms with Crippen LogP contribution in [0.15, 0.2) is 54.6 Å². The fourth-order valence-electron chi connectivity index (χ4n) is 4.10. The second kappa shape index (κ2) is 13.5. The third kappa shape index (κ3) is 7.71. The molecule has 0 saturated carbocycles. The van der Waals surface area contributed by atoms with Crippen molar-refractivity contribution in [1.29, 1.82) is 0 Å². The van der Waals surface area contributed by atoms with Gasteiger partial charge in [-0.2, -0.15) is 0 Å². The minimum atomic E-state index is -1.82. The summed E-state index contributed by atoms with van der Waals surface area (Å²) in [6, 6.07) is 18.1. The number of hydrogen-bond acceptors (Lipinski definition) is 5. The quantitative estimate of drug-likeness (QED) is 0.343. The number of nitrogens with zero attached hydrogens (tertiary/aromatic N) is 3. The zero-order valence-electron chi connectivity index (χ0n) is 19.9. The molecule has 192 valence electrons. The van der Waals surface area contributed by atoms with Crippen molar-refractivity contribution in [1.82, 2.24) is 14.5 Å². The van der Waals surface area contributed by atoms with Crippen molar-refractivity contribution in [2.45, 2.75) is 38.8 Å². The molecular weight excluding hydrogens is 486 g/mol. The van der Waals surface area contributed by atoms with Gasteiger partial charge in [0.25, 0.3) is 0 Å². The Balaban J connectivity index is 0.000000538. The second-order valence-electron chi connectivity index (χ2n) is 8.46. The molecule has 2 aromatic carbocycles. The first-order valence-electron chi connectivity index (χ1n) is 11.8. The fraction of sp³-hybridized carbons (Fsp3) is 0.385. The normalized spacial score (nSPS) is 13.6. The molecule has 2 N–H and O–H groups in total. The first kappa shape index (κ1) is 27.0. The van der Waals surface area contributed by atoms with E-state index >= 15 is 0 Å². The molecule has 1 saturated heterocycles. The molecule has 1 aliphatic rings. The topological polar surface area (TPSA) is 122 Å². The summed E-state index contributed by atoms with van der Waals surface area (Å²) in [4.78, 5) is 37.3. The van der Waals surface area contributed by atoms with E-state index in [2.05, 4.69) is 22.8 Å². The Bertz CT molecular complexity index is 1150. The average molecular weight is 516 g/mol. The number of aromatic nitrogens is 2. The van der Waals surface area contributed by atoms with Crippen molar-refractivity contribution >= 4 is 40.5 Å². The van der Waals surface area contributed by atoms with Crippen molar-refractivity contribution < 1.29 is 29.3 Å². The number of alkyl halides is 1. The number of fused-ring (bicyclic) bond motifs is 1. The lowest BCUT2D eigenvalue weighted by Crippen LogP contribution is -2.39. The van der Waals surface area contributed by atoms with E-state index in [1.165, 1.54) is 0 Å². The lowest BCUT2D eigenvalue weighted by atomic mass is 9.96. The molecule has 2 heterocycles. The van der Waals surface area contributed by atoms with Crippen molar-refractivity contribution in [3.63, 3.8) is 0 Å². The summed E-state index contributed by atoms with van der Waals surface area (Å²) in [6.07, 6.45) is 3.34. The molecule has 1 aromatic heterocycles. The minimum Gasteiger partial charge on any atom is -0.486 e. The number of carbonyl (C=O) groups excluding carboxylic acids is 1. The Morgan fingerprint density at radius 1 is 0.972 bits per heavy atom. The molecule has 3 aromatic rings. The third-order valence-electron chi connectivity index (χ3n) is 5.96. The standard InChI is InChI=1S/C24H28ClN3O2.C2H2O4/c25-14-6-11-24(29)27-15-12-19(13-16-27)17-28-22-10-5-4-9-21(22)26-23(28)18-30-20-7-2-1-3-8-20;3-1(4)2(5)6/h1-5,7-10,19H,6,11-18H2;(H,3,4)(H,5,6). The summed E-state index contributed by atoms with van der Waals surface area (Å²) >= 11 is 5.72. The van der Waals surface area contributed by atoms with Crippen LogP contribution in [-0.2, 0) is 27.5 Å². The molecule has 4 rings (SSSR count). The summed E-state index contributed by atoms with van der Waals surface area (Å²) in [7, 11) is 0. The second-order valence-corrected chi connectivity index (χ2v) is 8.83. The molecule has 0 spiro atoms. The van der Waals surface area contributed by atoms with Gasteiger partial charge in [-0.3, -0.25) is 4.79 Å². The number of hydrogen-bond donors (Lipinski definition) is 2. The zero-order valence-corrected chi connectivity index (χ0v) is 20.6. The van der Waals surface area contributed by atoms with Gasteiger partial charge >= 0.3 is 11.9 Å². The summed E-state index contributed by atoms with van der Waals surface area (Å²) in [5.41, 5.74) is 2.14. The van der Waals surface area contributed by atoms with Gasteiger partial charge < -0.3 is 24.4 Å². The van der Waals surface area contributed by atoms with Gasteiger partial charge in [-0.15, -0.1) is 11.6 Å². The number of carboxylic acids is 2. The average Bonchev–Trinajstić information content (AvgIpc) is 3.24. The first-order chi connectivity index (χ1) is 17.4. The summed E-state index contributed by atoms with van der Waals surface area (Å²) in [5.74, 6) is -0.552. The van der Waals surface area contributed by atoms with Crippen LogP contribution in [0.4, 0.5) is 0 Å². The van der Waals surface area contributed by atoms with Crippen LogP contribution in [0.1, 0.15) is 31.5 Å². The van der Waals surface area contributed by atoms with E-state index < -0.39 is 11.9 Å². The van der Waals surface area contributed by atoms with Crippen LogP contribution in [0.5, 0.6) is 5.75 Å². The van der Waals surface area contributed by atoms with E-state index in [9.17, 15) is 4.79 Å². The SMILES string of the molecule is O=C(CCCCl)N1CCC(Cn2c(COc3ccccc3)nc3ccccc32)CC1.O=C(O)C(=O)O. The molecule has 0 bridgehead atoms. The molecular formula is C26H30ClN3O6. The van der Waals surface area contributed by atoms with Crippen molar-refractivity contribution in [3.8, 4) is 5.75 Å². The lowest BCUT2D eigenvalue weighted by molar-refractivity contribution is -0.159. The largest absolute Gasteiger partial charge is 0.486 e. The van der Waals surface area contributed by atoms with Crippen molar-refractivity contribution in [2.75, 3.05) is 19.0 Å². The van der Waals surface area contributed by atoms with E-state index in [1.54, 1.807) is 0 Å². The van der Waals surface area contributed by atoms with Crippen LogP contribution in [0, 0.1) is 5.92 Å². The molecule has 10 heteroatoms. The molecule has 0 aliphatic carbocycles. The van der Waals surface area contributed by atoms with E-state index in [-0.39, 0.29) is 5.91 Å². The number of amides is 1. The number of carboxylic acid groups (broad SMARTS) is 2. The molecule has 36 heavy (non-hydrogen) atoms. The Morgan fingerprint density at radius 3 is 2.25 bits per heavy atom. The van der Waals surface area contributed by atoms with Gasteiger partial charge in [-0.1, -0.05) is 30.3 Å². The molecule has 9 nitrogen and oxygen atoms in total. The number of carbonyl (C=O) groups is 3. The third-order valence-corrected chi connectivity index (χ3v) is 6.23. The van der Waals surface area contributed by atoms with Gasteiger partial charge in [0.15, 0.2) is 0 Å². The molecule has 0 radical (unpaired) electrons. The van der Waals surface area contributed by atoms with Crippen LogP contribution in [-0.4, -0.2) is 61.5 Å².